The van der Waals surface area contributed by atoms with Gasteiger partial charge in [0.1, 0.15) is 0 Å². The van der Waals surface area contributed by atoms with E-state index in [2.05, 4.69) is 15.0 Å². The number of piperidine rings is 1. The van der Waals surface area contributed by atoms with Crippen LogP contribution in [0.3, 0.4) is 0 Å². The lowest BCUT2D eigenvalue weighted by Gasteiger charge is -2.35. The molecule has 4 heterocycles. The Kier molecular flexibility index (Phi) is 5.31. The molecule has 0 spiro atoms. The molecular formula is C19H24ClN5O2. The van der Waals surface area contributed by atoms with Crippen LogP contribution in [-0.2, 0) is 9.53 Å². The van der Waals surface area contributed by atoms with Crippen LogP contribution in [0.15, 0.2) is 30.9 Å². The number of nitrogens with zero attached hydrogens (tertiary/aromatic N) is 5. The van der Waals surface area contributed by atoms with Crippen LogP contribution in [0.4, 0.5) is 5.69 Å². The maximum atomic E-state index is 12.8. The first-order valence-corrected chi connectivity index (χ1v) is 9.74. The van der Waals surface area contributed by atoms with Crippen molar-refractivity contribution in [3.8, 4) is 5.69 Å². The van der Waals surface area contributed by atoms with E-state index in [0.29, 0.717) is 5.02 Å². The quantitative estimate of drug-likeness (QED) is 0.803. The maximum Gasteiger partial charge on any atom is 0.225 e. The topological polar surface area (TPSA) is 63.5 Å². The average molecular weight is 390 g/mol. The zero-order chi connectivity index (χ0) is 18.8. The minimum atomic E-state index is 0.0936. The Morgan fingerprint density at radius 2 is 2.00 bits per heavy atom. The fourth-order valence-electron chi connectivity index (χ4n) is 4.00. The molecule has 2 aromatic rings. The third-order valence-corrected chi connectivity index (χ3v) is 5.75. The largest absolute Gasteiger partial charge is 0.380 e. The molecule has 144 valence electrons. The first-order chi connectivity index (χ1) is 13.2. The number of halogens is 1. The maximum absolute atomic E-state index is 12.8. The van der Waals surface area contributed by atoms with Gasteiger partial charge in [-0.2, -0.15) is 5.10 Å². The second-order valence-electron chi connectivity index (χ2n) is 7.16. The molecular weight excluding hydrogens is 366 g/mol. The second-order valence-corrected chi connectivity index (χ2v) is 7.60. The van der Waals surface area contributed by atoms with Crippen LogP contribution in [0.25, 0.3) is 5.69 Å². The Hall–Kier alpha value is -2.12. The molecule has 0 bridgehead atoms. The lowest BCUT2D eigenvalue weighted by Crippen LogP contribution is -2.42. The van der Waals surface area contributed by atoms with E-state index in [1.807, 2.05) is 17.2 Å². The molecule has 2 aromatic heterocycles. The van der Waals surface area contributed by atoms with Gasteiger partial charge in [0.25, 0.3) is 0 Å². The van der Waals surface area contributed by atoms with Crippen molar-refractivity contribution in [3.63, 3.8) is 0 Å². The predicted molar refractivity (Wildman–Crippen MR) is 103 cm³/mol. The third kappa shape index (κ3) is 3.80. The summed E-state index contributed by atoms with van der Waals surface area (Å²) >= 11 is 6.02. The summed E-state index contributed by atoms with van der Waals surface area (Å²) in [5, 5.41) is 4.91. The van der Waals surface area contributed by atoms with Gasteiger partial charge in [-0.25, -0.2) is 4.68 Å². The number of ether oxygens (including phenoxy) is 1. The second kappa shape index (κ2) is 7.86. The first-order valence-electron chi connectivity index (χ1n) is 9.37. The Bertz CT molecular complexity index is 803. The smallest absolute Gasteiger partial charge is 0.225 e. The molecule has 0 aliphatic carbocycles. The average Bonchev–Trinajstić information content (AvgIpc) is 3.36. The number of aromatic nitrogens is 3. The summed E-state index contributed by atoms with van der Waals surface area (Å²) in [4.78, 5) is 21.3. The number of carbonyl (C=O) groups excluding carboxylic acids is 1. The summed E-state index contributed by atoms with van der Waals surface area (Å²) in [7, 11) is 1.72. The lowest BCUT2D eigenvalue weighted by molar-refractivity contribution is -0.135. The standard InChI is InChI=1S/C19H24ClN5O2/c1-27-16-5-9-24(13-16)19(26)14-3-7-23(8-4-14)18-11-21-6-2-17(18)25-12-15(20)10-22-25/h2,6,10-12,14,16H,3-5,7-9,13H2,1H3/t16-/m1/s1. The van der Waals surface area contributed by atoms with Crippen molar-refractivity contribution >= 4 is 23.2 Å². The minimum absolute atomic E-state index is 0.0936. The number of methoxy groups -OCH3 is 1. The zero-order valence-corrected chi connectivity index (χ0v) is 16.2. The minimum Gasteiger partial charge on any atom is -0.380 e. The van der Waals surface area contributed by atoms with Crippen molar-refractivity contribution in [3.05, 3.63) is 35.9 Å². The highest BCUT2D eigenvalue weighted by Gasteiger charge is 2.33. The molecule has 1 atom stereocenters. The Morgan fingerprint density at radius 1 is 1.19 bits per heavy atom. The van der Waals surface area contributed by atoms with Crippen LogP contribution in [0.2, 0.25) is 5.02 Å². The van der Waals surface area contributed by atoms with Crippen molar-refractivity contribution in [1.29, 1.82) is 0 Å². The van der Waals surface area contributed by atoms with Gasteiger partial charge in [-0.1, -0.05) is 11.6 Å². The Labute approximate surface area is 163 Å². The van der Waals surface area contributed by atoms with E-state index in [1.165, 1.54) is 0 Å². The SMILES string of the molecule is CO[C@@H]1CCN(C(=O)C2CCN(c3cnccc3-n3cc(Cl)cn3)CC2)C1. The number of amides is 1. The third-order valence-electron chi connectivity index (χ3n) is 5.55. The van der Waals surface area contributed by atoms with Gasteiger partial charge in [0.15, 0.2) is 0 Å². The van der Waals surface area contributed by atoms with E-state index >= 15 is 0 Å². The predicted octanol–water partition coefficient (Wildman–Crippen LogP) is 2.38. The Morgan fingerprint density at radius 3 is 2.67 bits per heavy atom. The van der Waals surface area contributed by atoms with Gasteiger partial charge < -0.3 is 14.5 Å². The highest BCUT2D eigenvalue weighted by atomic mass is 35.5. The molecule has 8 heteroatoms. The number of hydrogen-bond donors (Lipinski definition) is 0. The number of rotatable bonds is 4. The molecule has 7 nitrogen and oxygen atoms in total. The molecule has 2 aliphatic rings. The number of anilines is 1. The monoisotopic (exact) mass is 389 g/mol. The molecule has 2 saturated heterocycles. The van der Waals surface area contributed by atoms with Crippen LogP contribution >= 0.6 is 11.6 Å². The molecule has 27 heavy (non-hydrogen) atoms. The van der Waals surface area contributed by atoms with Crippen molar-refractivity contribution in [2.45, 2.75) is 25.4 Å². The van der Waals surface area contributed by atoms with Gasteiger partial charge in [0.05, 0.1) is 34.9 Å². The molecule has 2 fully saturated rings. The molecule has 0 N–H and O–H groups in total. The summed E-state index contributed by atoms with van der Waals surface area (Å²) in [6.07, 6.45) is 9.85. The van der Waals surface area contributed by atoms with E-state index in [0.717, 1.165) is 56.8 Å². The fraction of sp³-hybridized carbons (Fsp3) is 0.526. The van der Waals surface area contributed by atoms with Crippen molar-refractivity contribution < 1.29 is 9.53 Å². The molecule has 0 unspecified atom stereocenters. The van der Waals surface area contributed by atoms with Crippen LogP contribution < -0.4 is 4.90 Å². The summed E-state index contributed by atoms with van der Waals surface area (Å²) in [5.41, 5.74) is 1.97. The van der Waals surface area contributed by atoms with Gasteiger partial charge in [0, 0.05) is 51.6 Å². The van der Waals surface area contributed by atoms with Gasteiger partial charge >= 0.3 is 0 Å². The highest BCUT2D eigenvalue weighted by Crippen LogP contribution is 2.29. The number of likely N-dealkylation sites (tertiary alicyclic amines) is 1. The summed E-state index contributed by atoms with van der Waals surface area (Å²) in [6.45, 7) is 3.18. The van der Waals surface area contributed by atoms with E-state index in [-0.39, 0.29) is 17.9 Å². The first kappa shape index (κ1) is 18.3. The Balaban J connectivity index is 1.42. The van der Waals surface area contributed by atoms with E-state index in [4.69, 9.17) is 16.3 Å². The van der Waals surface area contributed by atoms with Crippen LogP contribution in [0.1, 0.15) is 19.3 Å². The molecule has 4 rings (SSSR count). The molecule has 0 saturated carbocycles. The van der Waals surface area contributed by atoms with Gasteiger partial charge in [-0.3, -0.25) is 9.78 Å². The molecule has 0 radical (unpaired) electrons. The van der Waals surface area contributed by atoms with Crippen molar-refractivity contribution in [2.75, 3.05) is 38.2 Å². The summed E-state index contributed by atoms with van der Waals surface area (Å²) in [5.74, 6) is 0.371. The molecule has 0 aromatic carbocycles. The van der Waals surface area contributed by atoms with Gasteiger partial charge in [-0.15, -0.1) is 0 Å². The van der Waals surface area contributed by atoms with E-state index < -0.39 is 0 Å². The fourth-order valence-corrected chi connectivity index (χ4v) is 4.13. The van der Waals surface area contributed by atoms with Crippen molar-refractivity contribution in [2.24, 2.45) is 5.92 Å². The summed E-state index contributed by atoms with van der Waals surface area (Å²) < 4.78 is 7.15. The highest BCUT2D eigenvalue weighted by molar-refractivity contribution is 6.30. The van der Waals surface area contributed by atoms with Crippen molar-refractivity contribution in [1.82, 2.24) is 19.7 Å². The number of hydrogen-bond acceptors (Lipinski definition) is 5. The molecule has 2 aliphatic heterocycles. The summed E-state index contributed by atoms with van der Waals surface area (Å²) in [6, 6.07) is 1.94. The zero-order valence-electron chi connectivity index (χ0n) is 15.4. The van der Waals surface area contributed by atoms with Crippen LogP contribution in [0, 0.1) is 5.92 Å². The van der Waals surface area contributed by atoms with E-state index in [1.54, 1.807) is 30.4 Å². The van der Waals surface area contributed by atoms with Crippen LogP contribution in [0.5, 0.6) is 0 Å². The number of pyridine rings is 1. The van der Waals surface area contributed by atoms with Gasteiger partial charge in [0.2, 0.25) is 5.91 Å². The normalized spacial score (nSPS) is 21.0. The molecule has 1 amide bonds. The van der Waals surface area contributed by atoms with Crippen LogP contribution in [-0.4, -0.2) is 65.0 Å². The lowest BCUT2D eigenvalue weighted by atomic mass is 9.95. The van der Waals surface area contributed by atoms with Gasteiger partial charge in [-0.05, 0) is 25.3 Å². The van der Waals surface area contributed by atoms with E-state index in [9.17, 15) is 4.79 Å². The number of carbonyl (C=O) groups is 1.